The standard InChI is InChI=1S/C15H15BrN2O3/c1-2-9-20-12-5-3-11(4-6-12)15(19)18-17-10-13-7-8-14(16)21-13/h3-8,10H,2,9H2,1H3,(H,18,19)/b17-10+. The van der Waals surface area contributed by atoms with Crippen molar-refractivity contribution in [3.8, 4) is 5.75 Å². The molecule has 0 saturated heterocycles. The molecule has 0 saturated carbocycles. The Labute approximate surface area is 131 Å². The Morgan fingerprint density at radius 3 is 2.71 bits per heavy atom. The summed E-state index contributed by atoms with van der Waals surface area (Å²) in [4.78, 5) is 11.9. The number of nitrogens with zero attached hydrogens (tertiary/aromatic N) is 1. The number of carbonyl (C=O) groups excluding carboxylic acids is 1. The molecule has 1 aromatic heterocycles. The van der Waals surface area contributed by atoms with E-state index in [1.807, 2.05) is 6.92 Å². The van der Waals surface area contributed by atoms with Gasteiger partial charge in [-0.3, -0.25) is 4.79 Å². The van der Waals surface area contributed by atoms with E-state index in [0.29, 0.717) is 22.6 Å². The number of hydrazone groups is 1. The quantitative estimate of drug-likeness (QED) is 0.639. The summed E-state index contributed by atoms with van der Waals surface area (Å²) >= 11 is 3.19. The molecule has 6 heteroatoms. The minimum atomic E-state index is -0.293. The van der Waals surface area contributed by atoms with Gasteiger partial charge in [0.25, 0.3) is 5.91 Å². The van der Waals surface area contributed by atoms with E-state index in [1.165, 1.54) is 6.21 Å². The molecule has 1 amide bonds. The molecule has 110 valence electrons. The molecule has 0 aliphatic heterocycles. The van der Waals surface area contributed by atoms with Gasteiger partial charge in [0.2, 0.25) is 0 Å². The van der Waals surface area contributed by atoms with Crippen LogP contribution in [0, 0.1) is 0 Å². The van der Waals surface area contributed by atoms with Gasteiger partial charge in [-0.2, -0.15) is 5.10 Å². The van der Waals surface area contributed by atoms with E-state index < -0.39 is 0 Å². The molecule has 0 bridgehead atoms. The van der Waals surface area contributed by atoms with Crippen LogP contribution in [0.25, 0.3) is 0 Å². The number of ether oxygens (including phenoxy) is 1. The smallest absolute Gasteiger partial charge is 0.271 e. The summed E-state index contributed by atoms with van der Waals surface area (Å²) in [6, 6.07) is 10.4. The molecule has 21 heavy (non-hydrogen) atoms. The van der Waals surface area contributed by atoms with Crippen LogP contribution in [-0.2, 0) is 0 Å². The number of halogens is 1. The maximum Gasteiger partial charge on any atom is 0.271 e. The molecular weight excluding hydrogens is 336 g/mol. The van der Waals surface area contributed by atoms with Crippen LogP contribution in [-0.4, -0.2) is 18.7 Å². The predicted molar refractivity (Wildman–Crippen MR) is 83.7 cm³/mol. The number of nitrogens with one attached hydrogen (secondary N) is 1. The fraction of sp³-hybridized carbons (Fsp3) is 0.200. The number of hydrogen-bond donors (Lipinski definition) is 1. The molecule has 1 heterocycles. The summed E-state index contributed by atoms with van der Waals surface area (Å²) in [6.45, 7) is 2.70. The maximum absolute atomic E-state index is 11.9. The van der Waals surface area contributed by atoms with Crippen molar-refractivity contribution in [1.82, 2.24) is 5.43 Å². The second-order valence-electron chi connectivity index (χ2n) is 4.21. The summed E-state index contributed by atoms with van der Waals surface area (Å²) in [5, 5.41) is 3.83. The second kappa shape index (κ2) is 7.64. The van der Waals surface area contributed by atoms with E-state index in [9.17, 15) is 4.79 Å². The number of furan rings is 1. The van der Waals surface area contributed by atoms with Gasteiger partial charge in [-0.1, -0.05) is 6.92 Å². The lowest BCUT2D eigenvalue weighted by Crippen LogP contribution is -2.17. The van der Waals surface area contributed by atoms with Crippen LogP contribution in [0.4, 0.5) is 0 Å². The van der Waals surface area contributed by atoms with Crippen molar-refractivity contribution in [3.05, 3.63) is 52.4 Å². The first-order valence-electron chi connectivity index (χ1n) is 6.50. The molecule has 2 rings (SSSR count). The molecular formula is C15H15BrN2O3. The Morgan fingerprint density at radius 1 is 1.33 bits per heavy atom. The van der Waals surface area contributed by atoms with Crippen LogP contribution in [0.5, 0.6) is 5.75 Å². The number of benzene rings is 1. The molecule has 5 nitrogen and oxygen atoms in total. The summed E-state index contributed by atoms with van der Waals surface area (Å²) in [7, 11) is 0. The third kappa shape index (κ3) is 4.75. The van der Waals surface area contributed by atoms with Gasteiger partial charge in [0.05, 0.1) is 12.8 Å². The Morgan fingerprint density at radius 2 is 2.10 bits per heavy atom. The van der Waals surface area contributed by atoms with Crippen molar-refractivity contribution in [2.45, 2.75) is 13.3 Å². The normalized spacial score (nSPS) is 10.8. The highest BCUT2D eigenvalue weighted by atomic mass is 79.9. The molecule has 1 aromatic carbocycles. The lowest BCUT2D eigenvalue weighted by atomic mass is 10.2. The van der Waals surface area contributed by atoms with Crippen molar-refractivity contribution in [2.24, 2.45) is 5.10 Å². The first-order valence-corrected chi connectivity index (χ1v) is 7.30. The summed E-state index contributed by atoms with van der Waals surface area (Å²) in [6.07, 6.45) is 2.38. The van der Waals surface area contributed by atoms with Crippen LogP contribution in [0.2, 0.25) is 0 Å². The van der Waals surface area contributed by atoms with Crippen molar-refractivity contribution in [2.75, 3.05) is 6.61 Å². The molecule has 1 N–H and O–H groups in total. The van der Waals surface area contributed by atoms with E-state index in [4.69, 9.17) is 9.15 Å². The van der Waals surface area contributed by atoms with Crippen molar-refractivity contribution < 1.29 is 13.9 Å². The van der Waals surface area contributed by atoms with Gasteiger partial charge >= 0.3 is 0 Å². The molecule has 0 radical (unpaired) electrons. The topological polar surface area (TPSA) is 63.8 Å². The van der Waals surface area contributed by atoms with Gasteiger partial charge in [-0.25, -0.2) is 5.43 Å². The number of rotatable bonds is 6. The number of hydrogen-bond acceptors (Lipinski definition) is 4. The summed E-state index contributed by atoms with van der Waals surface area (Å²) in [5.74, 6) is 1.00. The highest BCUT2D eigenvalue weighted by Crippen LogP contribution is 2.13. The number of amides is 1. The van der Waals surface area contributed by atoms with Gasteiger partial charge in [0.15, 0.2) is 4.67 Å². The molecule has 0 atom stereocenters. The SMILES string of the molecule is CCCOc1ccc(C(=O)N/N=C/c2ccc(Br)o2)cc1. The lowest BCUT2D eigenvalue weighted by molar-refractivity contribution is 0.0955. The Hall–Kier alpha value is -2.08. The van der Waals surface area contributed by atoms with Gasteiger partial charge in [-0.05, 0) is 58.7 Å². The molecule has 0 spiro atoms. The first-order chi connectivity index (χ1) is 10.2. The van der Waals surface area contributed by atoms with Gasteiger partial charge in [-0.15, -0.1) is 0 Å². The Balaban J connectivity index is 1.89. The van der Waals surface area contributed by atoms with E-state index in [-0.39, 0.29) is 5.91 Å². The summed E-state index contributed by atoms with van der Waals surface area (Å²) in [5.41, 5.74) is 2.94. The third-order valence-electron chi connectivity index (χ3n) is 2.54. The van der Waals surface area contributed by atoms with Crippen LogP contribution in [0.15, 0.2) is 50.6 Å². The largest absolute Gasteiger partial charge is 0.494 e. The minimum absolute atomic E-state index is 0.293. The van der Waals surface area contributed by atoms with Crippen molar-refractivity contribution >= 4 is 28.1 Å². The zero-order chi connectivity index (χ0) is 15.1. The van der Waals surface area contributed by atoms with E-state index >= 15 is 0 Å². The zero-order valence-corrected chi connectivity index (χ0v) is 13.1. The lowest BCUT2D eigenvalue weighted by Gasteiger charge is -2.05. The van der Waals surface area contributed by atoms with E-state index in [2.05, 4.69) is 26.5 Å². The monoisotopic (exact) mass is 350 g/mol. The fourth-order valence-electron chi connectivity index (χ4n) is 1.54. The molecule has 2 aromatic rings. The van der Waals surface area contributed by atoms with E-state index in [1.54, 1.807) is 36.4 Å². The van der Waals surface area contributed by atoms with Crippen LogP contribution in [0.3, 0.4) is 0 Å². The van der Waals surface area contributed by atoms with Gasteiger partial charge < -0.3 is 9.15 Å². The van der Waals surface area contributed by atoms with Gasteiger partial charge in [0.1, 0.15) is 11.5 Å². The third-order valence-corrected chi connectivity index (χ3v) is 2.97. The number of carbonyl (C=O) groups is 1. The van der Waals surface area contributed by atoms with Crippen molar-refractivity contribution in [3.63, 3.8) is 0 Å². The molecule has 0 aliphatic rings. The molecule has 0 aliphatic carbocycles. The first kappa shape index (κ1) is 15.3. The average Bonchev–Trinajstić information content (AvgIpc) is 2.91. The highest BCUT2D eigenvalue weighted by molar-refractivity contribution is 9.10. The Bertz CT molecular complexity index is 620. The second-order valence-corrected chi connectivity index (χ2v) is 5.00. The van der Waals surface area contributed by atoms with Gasteiger partial charge in [0, 0.05) is 5.56 Å². The summed E-state index contributed by atoms with van der Waals surface area (Å²) < 4.78 is 11.3. The van der Waals surface area contributed by atoms with Crippen LogP contribution in [0.1, 0.15) is 29.5 Å². The van der Waals surface area contributed by atoms with Crippen molar-refractivity contribution in [1.29, 1.82) is 0 Å². The zero-order valence-electron chi connectivity index (χ0n) is 11.5. The fourth-order valence-corrected chi connectivity index (χ4v) is 1.86. The predicted octanol–water partition coefficient (Wildman–Crippen LogP) is 3.59. The average molecular weight is 351 g/mol. The van der Waals surface area contributed by atoms with Crippen LogP contribution >= 0.6 is 15.9 Å². The molecule has 0 fully saturated rings. The van der Waals surface area contributed by atoms with E-state index in [0.717, 1.165) is 12.2 Å². The van der Waals surface area contributed by atoms with Crippen LogP contribution < -0.4 is 10.2 Å². The Kier molecular flexibility index (Phi) is 5.57. The highest BCUT2D eigenvalue weighted by Gasteiger charge is 2.04. The maximum atomic E-state index is 11.9. The molecule has 0 unspecified atom stereocenters. The minimum Gasteiger partial charge on any atom is -0.494 e.